The first-order valence-corrected chi connectivity index (χ1v) is 38.1. The van der Waals surface area contributed by atoms with Crippen LogP contribution in [-0.4, -0.2) is 213 Å². The van der Waals surface area contributed by atoms with E-state index in [1.54, 1.807) is 44.9 Å². The highest BCUT2D eigenvalue weighted by atomic mass is 127. The molecule has 0 saturated carbocycles. The summed E-state index contributed by atoms with van der Waals surface area (Å²) in [5, 5.41) is 43.5. The smallest absolute Gasteiger partial charge is 0.492 e. The second-order valence-corrected chi connectivity index (χ2v) is 33.0. The SMILES string of the molecule is CC(C)(C)OC(=O)N[C@H]1CCO[C@H]2CN(c3nn4c(I)cnc4s3)C[C@@H]12.COc1cc(F)ccc1-c1cnc2sc(N3C[C@H]4[C@@H](NC(=O)OC(C)(C)C)CCO[C@H]4C3)nn12.COc1cc(F)ccc1-c1cnc2sc(N3C[C@H]4[C@@H](NC(=O)OC(C)(C)C)CCO[C@H]4C3)nn12.COc1cc(F)ccc1B(O)O. The number of nitrogens with one attached hydrogen (secondary N) is 3. The summed E-state index contributed by atoms with van der Waals surface area (Å²) in [6.45, 7) is 22.9. The van der Waals surface area contributed by atoms with E-state index in [9.17, 15) is 27.6 Å². The van der Waals surface area contributed by atoms with Crippen LogP contribution in [0.3, 0.4) is 0 Å². The van der Waals surface area contributed by atoms with Crippen LogP contribution in [0, 0.1) is 38.9 Å². The van der Waals surface area contributed by atoms with Crippen LogP contribution in [-0.2, 0) is 28.4 Å². The van der Waals surface area contributed by atoms with Crippen LogP contribution in [0.2, 0.25) is 0 Å². The lowest BCUT2D eigenvalue weighted by molar-refractivity contribution is -0.0205. The number of rotatable bonds is 12. The molecule has 9 aromatic rings. The number of aromatic nitrogens is 9. The van der Waals surface area contributed by atoms with Crippen molar-refractivity contribution in [3.63, 3.8) is 0 Å². The van der Waals surface area contributed by atoms with Gasteiger partial charge in [0.25, 0.3) is 0 Å². The van der Waals surface area contributed by atoms with Crippen LogP contribution in [0.4, 0.5) is 42.9 Å². The molecule has 9 atom stereocenters. The van der Waals surface area contributed by atoms with Crippen molar-refractivity contribution < 1.29 is 80.2 Å². The molecule has 37 heteroatoms. The van der Waals surface area contributed by atoms with Crippen molar-refractivity contribution in [1.29, 1.82) is 0 Å². The van der Waals surface area contributed by atoms with E-state index in [4.69, 9.17) is 62.9 Å². The summed E-state index contributed by atoms with van der Waals surface area (Å²) in [7, 11) is 2.72. The number of carbonyl (C=O) groups is 3. The number of fused-ring (bicyclic) bond motifs is 6. The average Bonchev–Trinajstić information content (AvgIpc) is 1.62. The van der Waals surface area contributed by atoms with E-state index in [-0.39, 0.29) is 83.1 Å². The topological polar surface area (TPSA) is 311 Å². The van der Waals surface area contributed by atoms with Gasteiger partial charge in [0.15, 0.2) is 0 Å². The Morgan fingerprint density at radius 2 is 0.830 bits per heavy atom. The van der Waals surface area contributed by atoms with Crippen molar-refractivity contribution in [2.24, 2.45) is 17.8 Å². The van der Waals surface area contributed by atoms with Crippen LogP contribution in [0.25, 0.3) is 37.4 Å². The molecule has 5 N–H and O–H groups in total. The molecule has 0 aliphatic carbocycles. The normalized spacial score (nSPS) is 22.0. The second-order valence-electron chi connectivity index (χ2n) is 29.1. The predicted octanol–water partition coefficient (Wildman–Crippen LogP) is 9.48. The van der Waals surface area contributed by atoms with Crippen LogP contribution in [0.5, 0.6) is 17.2 Å². The Balaban J connectivity index is 0.000000139. The third-order valence-electron chi connectivity index (χ3n) is 18.2. The maximum Gasteiger partial charge on any atom is 0.492 e. The van der Waals surface area contributed by atoms with Crippen molar-refractivity contribution in [3.05, 3.63) is 94.3 Å². The molecule has 29 nitrogen and oxygen atoms in total. The van der Waals surface area contributed by atoms with Gasteiger partial charge < -0.3 is 83.3 Å². The molecular weight excluding hydrogens is 1550 g/mol. The molecule has 3 aromatic carbocycles. The molecule has 0 spiro atoms. The van der Waals surface area contributed by atoms with E-state index < -0.39 is 41.9 Å². The number of amides is 3. The number of carbonyl (C=O) groups excluding carboxylic acids is 3. The number of halogens is 4. The fourth-order valence-electron chi connectivity index (χ4n) is 13.6. The van der Waals surface area contributed by atoms with Crippen molar-refractivity contribution in [3.8, 4) is 39.8 Å². The van der Waals surface area contributed by atoms with Gasteiger partial charge in [-0.1, -0.05) is 40.1 Å². The van der Waals surface area contributed by atoms with Gasteiger partial charge in [0.2, 0.25) is 30.3 Å². The van der Waals surface area contributed by atoms with Crippen molar-refractivity contribution in [2.45, 2.75) is 135 Å². The highest BCUT2D eigenvalue weighted by molar-refractivity contribution is 14.1. The number of nitrogens with zero attached hydrogens (tertiary/aromatic N) is 12. The zero-order valence-electron chi connectivity index (χ0n) is 60.6. The Labute approximate surface area is 635 Å². The summed E-state index contributed by atoms with van der Waals surface area (Å²) in [6, 6.07) is 12.3. The molecule has 6 aromatic heterocycles. The van der Waals surface area contributed by atoms with Gasteiger partial charge in [0.1, 0.15) is 55.2 Å². The lowest BCUT2D eigenvalue weighted by atomic mass is 9.79. The Kier molecular flexibility index (Phi) is 23.7. The Morgan fingerprint density at radius 1 is 0.500 bits per heavy atom. The van der Waals surface area contributed by atoms with Crippen LogP contribution in [0.15, 0.2) is 73.2 Å². The zero-order valence-corrected chi connectivity index (χ0v) is 65.2. The van der Waals surface area contributed by atoms with Crippen LogP contribution in [0.1, 0.15) is 81.6 Å². The zero-order chi connectivity index (χ0) is 75.7. The number of imidazole rings is 3. The maximum atomic E-state index is 13.7. The van der Waals surface area contributed by atoms with Gasteiger partial charge in [-0.3, -0.25) is 0 Å². The van der Waals surface area contributed by atoms with E-state index in [0.29, 0.717) is 68.6 Å². The molecule has 12 heterocycles. The van der Waals surface area contributed by atoms with Gasteiger partial charge in [-0.05, 0) is 134 Å². The fourth-order valence-corrected chi connectivity index (χ4v) is 16.9. The standard InChI is InChI=1S/2C23H28FN5O4S.C16H22IN5O3S.C7H8BFO3/c2*1-23(2,3)33-22(30)26-16-7-8-32-19-12-28(11-15(16)19)21-27-29-17(10-25-20(29)34-21)14-6-5-13(24)9-18(14)31-4;1-16(2,3)25-15(23)19-10-4-5-24-11-8-21(7-9(10)11)14-20-22-12(17)6-18-13(22)26-14;1-12-7-4-5(9)2-3-6(7)8(10)11/h2*5-6,9-10,15-16,19H,7-8,11-12H2,1-4H3,(H,26,30);6,9-11H,4-5,7-8H2,1-3H3,(H,19,23);2-4,10-11H,1H3/t2*15-,16-,19-;9-,10-,11-;/m000./s1. The highest BCUT2D eigenvalue weighted by Crippen LogP contribution is 2.41. The van der Waals surface area contributed by atoms with Crippen molar-refractivity contribution >= 4 is 118 Å². The Hall–Kier alpha value is -8.05. The molecule has 6 fully saturated rings. The molecule has 6 aliphatic rings. The van der Waals surface area contributed by atoms with Gasteiger partial charge >= 0.3 is 25.4 Å². The van der Waals surface area contributed by atoms with Gasteiger partial charge in [-0.25, -0.2) is 51.5 Å². The van der Waals surface area contributed by atoms with E-state index in [2.05, 4.69) is 73.3 Å². The van der Waals surface area contributed by atoms with Crippen molar-refractivity contribution in [2.75, 3.05) is 95.1 Å². The second kappa shape index (κ2) is 32.4. The molecular formula is C69H86BF3IN15O14S3. The summed E-state index contributed by atoms with van der Waals surface area (Å²) in [4.78, 5) is 59.2. The van der Waals surface area contributed by atoms with Gasteiger partial charge in [0.05, 0.1) is 69.6 Å². The number of anilines is 3. The Bertz CT molecular complexity index is 4390. The van der Waals surface area contributed by atoms with Crippen molar-refractivity contribution in [1.82, 2.24) is 59.7 Å². The van der Waals surface area contributed by atoms with E-state index >= 15 is 0 Å². The number of alkyl carbamates (subject to hydrolysis) is 3. The molecule has 15 rings (SSSR count). The number of ether oxygens (including phenoxy) is 9. The molecule has 570 valence electrons. The first-order chi connectivity index (χ1) is 50.4. The first kappa shape index (κ1) is 77.6. The lowest BCUT2D eigenvalue weighted by Gasteiger charge is -2.33. The third-order valence-corrected chi connectivity index (χ3v) is 21.9. The number of benzene rings is 3. The largest absolute Gasteiger partial charge is 0.497 e. The van der Waals surface area contributed by atoms with Gasteiger partial charge in [0, 0.05) is 130 Å². The number of hydrogen-bond donors (Lipinski definition) is 5. The molecule has 106 heavy (non-hydrogen) atoms. The maximum absolute atomic E-state index is 13.7. The minimum absolute atomic E-state index is 0.00145. The van der Waals surface area contributed by atoms with E-state index in [1.807, 2.05) is 73.0 Å². The number of hydrogen-bond acceptors (Lipinski definition) is 26. The minimum atomic E-state index is -1.64. The fraction of sp³-hybridized carbons (Fsp3) is 0.522. The average molecular weight is 1640 g/mol. The molecule has 0 radical (unpaired) electrons. The summed E-state index contributed by atoms with van der Waals surface area (Å²) in [5.41, 5.74) is 1.45. The summed E-state index contributed by atoms with van der Waals surface area (Å²) in [6.07, 6.45) is 6.46. The molecule has 0 bridgehead atoms. The van der Waals surface area contributed by atoms with Gasteiger partial charge in [-0.15, -0.1) is 15.3 Å². The summed E-state index contributed by atoms with van der Waals surface area (Å²) < 4.78 is 96.1. The van der Waals surface area contributed by atoms with E-state index in [0.717, 1.165) is 89.9 Å². The molecule has 6 aliphatic heterocycles. The minimum Gasteiger partial charge on any atom is -0.497 e. The first-order valence-electron chi connectivity index (χ1n) is 34.5. The number of methoxy groups -OCH3 is 3. The molecule has 6 saturated heterocycles. The lowest BCUT2D eigenvalue weighted by Crippen LogP contribution is -2.50. The molecule has 0 unspecified atom stereocenters. The monoisotopic (exact) mass is 1640 g/mol. The molecule has 3 amide bonds. The summed E-state index contributed by atoms with van der Waals surface area (Å²) >= 11 is 6.77. The quantitative estimate of drug-likeness (QED) is 0.0432. The van der Waals surface area contributed by atoms with Crippen LogP contribution >= 0.6 is 56.6 Å². The van der Waals surface area contributed by atoms with E-state index in [1.165, 1.54) is 74.3 Å². The third kappa shape index (κ3) is 18.4. The van der Waals surface area contributed by atoms with Gasteiger partial charge in [-0.2, -0.15) is 4.52 Å². The highest BCUT2D eigenvalue weighted by Gasteiger charge is 2.47. The predicted molar refractivity (Wildman–Crippen MR) is 402 cm³/mol. The Morgan fingerprint density at radius 3 is 1.17 bits per heavy atom. The summed E-state index contributed by atoms with van der Waals surface area (Å²) in [5.74, 6) is 0.265. The van der Waals surface area contributed by atoms with Crippen LogP contribution < -0.4 is 50.3 Å².